The lowest BCUT2D eigenvalue weighted by Gasteiger charge is -2.25. The van der Waals surface area contributed by atoms with Crippen molar-refractivity contribution in [2.75, 3.05) is 13.2 Å². The van der Waals surface area contributed by atoms with E-state index in [1.54, 1.807) is 55.5 Å². The van der Waals surface area contributed by atoms with Gasteiger partial charge < -0.3 is 4.52 Å². The first-order valence-electron chi connectivity index (χ1n) is 7.04. The molecule has 0 aliphatic carbocycles. The molecule has 0 radical (unpaired) electrons. The van der Waals surface area contributed by atoms with E-state index in [0.717, 1.165) is 0 Å². The van der Waals surface area contributed by atoms with Crippen LogP contribution in [0.15, 0.2) is 60.7 Å². The molecule has 0 aromatic heterocycles. The molecule has 2 rings (SSSR count). The maximum Gasteiger partial charge on any atom is 0.245 e. The number of hydrogen-bond acceptors (Lipinski definition) is 4. The molecule has 6 heteroatoms. The lowest BCUT2D eigenvalue weighted by Crippen LogP contribution is -2.20. The Hall–Kier alpha value is -1.97. The Labute approximate surface area is 129 Å². The SMILES string of the molecule is CCOP(=O)(c1ccccc1)C(C[N+](=O)[O-])c1ccccc1. The highest BCUT2D eigenvalue weighted by atomic mass is 31.2. The second-order valence-corrected chi connectivity index (χ2v) is 7.38. The molecule has 2 aromatic rings. The van der Waals surface area contributed by atoms with E-state index in [0.29, 0.717) is 10.9 Å². The van der Waals surface area contributed by atoms with Gasteiger partial charge in [0.25, 0.3) is 0 Å². The molecule has 0 bridgehead atoms. The number of benzene rings is 2. The zero-order chi connectivity index (χ0) is 16.0. The first-order valence-corrected chi connectivity index (χ1v) is 8.74. The van der Waals surface area contributed by atoms with Crippen molar-refractivity contribution in [2.24, 2.45) is 0 Å². The van der Waals surface area contributed by atoms with E-state index in [9.17, 15) is 14.7 Å². The molecule has 2 unspecified atom stereocenters. The Morgan fingerprint density at radius 2 is 1.64 bits per heavy atom. The van der Waals surface area contributed by atoms with Crippen LogP contribution in [0.5, 0.6) is 0 Å². The van der Waals surface area contributed by atoms with Crippen LogP contribution < -0.4 is 5.30 Å². The van der Waals surface area contributed by atoms with Gasteiger partial charge in [0.1, 0.15) is 5.66 Å². The summed E-state index contributed by atoms with van der Waals surface area (Å²) in [5.41, 5.74) is -0.147. The van der Waals surface area contributed by atoms with Gasteiger partial charge in [-0.1, -0.05) is 48.5 Å². The molecule has 0 saturated heterocycles. The third-order valence-corrected chi connectivity index (χ3v) is 6.30. The van der Waals surface area contributed by atoms with Gasteiger partial charge in [-0.05, 0) is 24.6 Å². The third kappa shape index (κ3) is 3.62. The summed E-state index contributed by atoms with van der Waals surface area (Å²) >= 11 is 0. The number of hydrogen-bond donors (Lipinski definition) is 0. The first-order chi connectivity index (χ1) is 10.6. The van der Waals surface area contributed by atoms with Crippen LogP contribution in [0.4, 0.5) is 0 Å². The van der Waals surface area contributed by atoms with Gasteiger partial charge >= 0.3 is 0 Å². The summed E-state index contributed by atoms with van der Waals surface area (Å²) in [4.78, 5) is 10.7. The van der Waals surface area contributed by atoms with Crippen molar-refractivity contribution in [3.05, 3.63) is 76.3 Å². The van der Waals surface area contributed by atoms with Gasteiger partial charge in [-0.15, -0.1) is 0 Å². The topological polar surface area (TPSA) is 69.4 Å². The normalized spacial score (nSPS) is 15.0. The van der Waals surface area contributed by atoms with Crippen molar-refractivity contribution in [3.63, 3.8) is 0 Å². The van der Waals surface area contributed by atoms with Gasteiger partial charge in [-0.3, -0.25) is 14.7 Å². The van der Waals surface area contributed by atoms with Gasteiger partial charge in [0.15, 0.2) is 0 Å². The molecule has 0 saturated carbocycles. The molecule has 116 valence electrons. The molecule has 0 fully saturated rings. The number of nitrogens with zero attached hydrogens (tertiary/aromatic N) is 1. The van der Waals surface area contributed by atoms with Crippen LogP contribution in [-0.2, 0) is 9.09 Å². The van der Waals surface area contributed by atoms with Gasteiger partial charge in [0.2, 0.25) is 13.9 Å². The predicted octanol–water partition coefficient (Wildman–Crippen LogP) is 3.64. The van der Waals surface area contributed by atoms with Gasteiger partial charge in [-0.25, -0.2) is 0 Å². The maximum atomic E-state index is 13.5. The predicted molar refractivity (Wildman–Crippen MR) is 86.4 cm³/mol. The van der Waals surface area contributed by atoms with Crippen molar-refractivity contribution >= 4 is 12.7 Å². The molecule has 0 amide bonds. The van der Waals surface area contributed by atoms with Crippen LogP contribution in [0.1, 0.15) is 18.1 Å². The Morgan fingerprint density at radius 3 is 2.14 bits per heavy atom. The highest BCUT2D eigenvalue weighted by Gasteiger charge is 2.40. The number of nitro groups is 1. The largest absolute Gasteiger partial charge is 0.325 e. The zero-order valence-electron chi connectivity index (χ0n) is 12.3. The molecule has 0 heterocycles. The molecule has 2 aromatic carbocycles. The summed E-state index contributed by atoms with van der Waals surface area (Å²) < 4.78 is 19.1. The van der Waals surface area contributed by atoms with E-state index in [2.05, 4.69) is 0 Å². The molecule has 0 aliphatic rings. The molecular weight excluding hydrogens is 301 g/mol. The summed E-state index contributed by atoms with van der Waals surface area (Å²) in [6, 6.07) is 17.6. The van der Waals surface area contributed by atoms with E-state index in [1.807, 2.05) is 12.1 Å². The van der Waals surface area contributed by atoms with Crippen LogP contribution in [0.25, 0.3) is 0 Å². The minimum Gasteiger partial charge on any atom is -0.325 e. The summed E-state index contributed by atoms with van der Waals surface area (Å²) in [5.74, 6) is 0. The molecule has 2 atom stereocenters. The van der Waals surface area contributed by atoms with Crippen molar-refractivity contribution in [2.45, 2.75) is 12.6 Å². The van der Waals surface area contributed by atoms with Crippen LogP contribution in [-0.4, -0.2) is 18.1 Å². The quantitative estimate of drug-likeness (QED) is 0.444. The monoisotopic (exact) mass is 319 g/mol. The Bertz CT molecular complexity index is 660. The van der Waals surface area contributed by atoms with Gasteiger partial charge in [0, 0.05) is 10.2 Å². The van der Waals surface area contributed by atoms with Crippen LogP contribution >= 0.6 is 7.37 Å². The standard InChI is InChI=1S/C16H18NO4P/c1-2-21-22(20,15-11-7-4-8-12-15)16(13-17(18)19)14-9-5-3-6-10-14/h3-12,16H,2,13H2,1H3. The van der Waals surface area contributed by atoms with Crippen molar-refractivity contribution in [1.82, 2.24) is 0 Å². The fraction of sp³-hybridized carbons (Fsp3) is 0.250. The van der Waals surface area contributed by atoms with Crippen molar-refractivity contribution in [3.8, 4) is 0 Å². The van der Waals surface area contributed by atoms with Crippen molar-refractivity contribution in [1.29, 1.82) is 0 Å². The minimum atomic E-state index is -3.40. The zero-order valence-corrected chi connectivity index (χ0v) is 13.2. The summed E-state index contributed by atoms with van der Waals surface area (Å²) in [6.07, 6.45) is 0. The molecule has 0 N–H and O–H groups in total. The van der Waals surface area contributed by atoms with Crippen molar-refractivity contribution < 1.29 is 14.0 Å². The minimum absolute atomic E-state index is 0.229. The Balaban J connectivity index is 2.54. The molecule has 0 spiro atoms. The average Bonchev–Trinajstić information content (AvgIpc) is 2.54. The maximum absolute atomic E-state index is 13.5. The fourth-order valence-corrected chi connectivity index (χ4v) is 4.97. The molecule has 5 nitrogen and oxygen atoms in total. The van der Waals surface area contributed by atoms with E-state index in [-0.39, 0.29) is 6.61 Å². The fourth-order valence-electron chi connectivity index (χ4n) is 2.40. The molecular formula is C16H18NO4P. The first kappa shape index (κ1) is 16.4. The highest BCUT2D eigenvalue weighted by Crippen LogP contribution is 2.58. The second-order valence-electron chi connectivity index (χ2n) is 4.79. The average molecular weight is 319 g/mol. The van der Waals surface area contributed by atoms with E-state index in [1.165, 1.54) is 0 Å². The van der Waals surface area contributed by atoms with Crippen LogP contribution in [0.3, 0.4) is 0 Å². The van der Waals surface area contributed by atoms with E-state index < -0.39 is 24.5 Å². The summed E-state index contributed by atoms with van der Waals surface area (Å²) in [7, 11) is -3.40. The lowest BCUT2D eigenvalue weighted by molar-refractivity contribution is -0.480. The summed E-state index contributed by atoms with van der Waals surface area (Å²) in [5, 5.41) is 11.6. The van der Waals surface area contributed by atoms with Gasteiger partial charge in [-0.2, -0.15) is 0 Å². The van der Waals surface area contributed by atoms with Crippen LogP contribution in [0, 0.1) is 10.1 Å². The smallest absolute Gasteiger partial charge is 0.245 e. The second kappa shape index (κ2) is 7.34. The van der Waals surface area contributed by atoms with E-state index in [4.69, 9.17) is 4.52 Å². The molecule has 22 heavy (non-hydrogen) atoms. The highest BCUT2D eigenvalue weighted by molar-refractivity contribution is 7.67. The third-order valence-electron chi connectivity index (χ3n) is 3.35. The Kier molecular flexibility index (Phi) is 5.47. The number of rotatable bonds is 7. The summed E-state index contributed by atoms with van der Waals surface area (Å²) in [6.45, 7) is 1.53. The van der Waals surface area contributed by atoms with Gasteiger partial charge in [0.05, 0.1) is 6.61 Å². The van der Waals surface area contributed by atoms with E-state index >= 15 is 0 Å². The lowest BCUT2D eigenvalue weighted by atomic mass is 10.1. The molecule has 0 aliphatic heterocycles. The van der Waals surface area contributed by atoms with Crippen LogP contribution in [0.2, 0.25) is 0 Å². The Morgan fingerprint density at radius 1 is 1.09 bits per heavy atom.